The maximum Gasteiger partial charge on any atom is 0.204 e. The number of nitrogens with zero attached hydrogens (tertiary/aromatic N) is 5. The Bertz CT molecular complexity index is 707. The Labute approximate surface area is 132 Å². The highest BCUT2D eigenvalue weighted by molar-refractivity contribution is 7.09. The van der Waals surface area contributed by atoms with Gasteiger partial charge in [-0.2, -0.15) is 5.21 Å². The second-order valence-corrected chi connectivity index (χ2v) is 6.45. The van der Waals surface area contributed by atoms with Gasteiger partial charge in [-0.15, -0.1) is 21.5 Å². The number of thiazole rings is 1. The molecule has 6 nitrogen and oxygen atoms in total. The number of nitrogens with one attached hydrogen (secondary N) is 1. The molecular weight excluding hydrogens is 296 g/mol. The molecule has 22 heavy (non-hydrogen) atoms. The van der Waals surface area contributed by atoms with Crippen molar-refractivity contribution in [2.24, 2.45) is 0 Å². The third-order valence-corrected chi connectivity index (χ3v) is 4.97. The van der Waals surface area contributed by atoms with Gasteiger partial charge in [-0.25, -0.2) is 4.98 Å². The van der Waals surface area contributed by atoms with Crippen molar-refractivity contribution in [1.29, 1.82) is 0 Å². The Kier molecular flexibility index (Phi) is 3.65. The first-order valence-corrected chi connectivity index (χ1v) is 8.21. The highest BCUT2D eigenvalue weighted by Crippen LogP contribution is 2.29. The smallest absolute Gasteiger partial charge is 0.204 e. The number of likely N-dealkylation sites (tertiary alicyclic amines) is 1. The lowest BCUT2D eigenvalue weighted by molar-refractivity contribution is 0.327. The van der Waals surface area contributed by atoms with E-state index in [1.165, 1.54) is 17.0 Å². The molecule has 1 fully saturated rings. The molecule has 0 saturated carbocycles. The minimum atomic E-state index is 0.596. The lowest BCUT2D eigenvalue weighted by atomic mass is 10.1. The van der Waals surface area contributed by atoms with Crippen LogP contribution in [0, 0.1) is 0 Å². The summed E-state index contributed by atoms with van der Waals surface area (Å²) < 4.78 is 0. The molecule has 4 rings (SSSR count). The van der Waals surface area contributed by atoms with Crippen molar-refractivity contribution < 1.29 is 0 Å². The molecule has 0 aliphatic carbocycles. The van der Waals surface area contributed by atoms with E-state index < -0.39 is 0 Å². The summed E-state index contributed by atoms with van der Waals surface area (Å²) in [6.45, 7) is 3.21. The maximum atomic E-state index is 4.45. The van der Waals surface area contributed by atoms with Crippen LogP contribution in [0.15, 0.2) is 35.8 Å². The summed E-state index contributed by atoms with van der Waals surface area (Å²) in [6, 6.07) is 8.38. The van der Waals surface area contributed by atoms with E-state index in [0.29, 0.717) is 11.7 Å². The van der Waals surface area contributed by atoms with Gasteiger partial charge in [0.05, 0.1) is 5.01 Å². The summed E-state index contributed by atoms with van der Waals surface area (Å²) >= 11 is 1.77. The summed E-state index contributed by atoms with van der Waals surface area (Å²) in [5.74, 6) is 1.23. The summed E-state index contributed by atoms with van der Waals surface area (Å²) in [7, 11) is 0. The van der Waals surface area contributed by atoms with Crippen LogP contribution in [0.25, 0.3) is 11.4 Å². The number of aromatic amines is 1. The van der Waals surface area contributed by atoms with Crippen LogP contribution < -0.4 is 0 Å². The molecule has 1 aromatic carbocycles. The minimum absolute atomic E-state index is 0.596. The average molecular weight is 312 g/mol. The van der Waals surface area contributed by atoms with Crippen LogP contribution in [0.4, 0.5) is 0 Å². The molecule has 1 unspecified atom stereocenters. The van der Waals surface area contributed by atoms with Gasteiger partial charge in [0.25, 0.3) is 0 Å². The van der Waals surface area contributed by atoms with Gasteiger partial charge in [-0.05, 0) is 23.7 Å². The van der Waals surface area contributed by atoms with E-state index in [1.54, 1.807) is 11.3 Å². The van der Waals surface area contributed by atoms with Crippen LogP contribution in [-0.4, -0.2) is 43.6 Å². The predicted octanol–water partition coefficient (Wildman–Crippen LogP) is 2.31. The fraction of sp³-hybridized carbons (Fsp3) is 0.333. The fourth-order valence-corrected chi connectivity index (χ4v) is 3.68. The van der Waals surface area contributed by atoms with Crippen molar-refractivity contribution in [3.63, 3.8) is 0 Å². The SMILES string of the molecule is c1csc(C2CCN(Cc3ccc(-c4nn[nH]n4)cc3)C2)n1. The van der Waals surface area contributed by atoms with Crippen molar-refractivity contribution >= 4 is 11.3 Å². The third-order valence-electron chi connectivity index (χ3n) is 4.04. The molecule has 0 amide bonds. The van der Waals surface area contributed by atoms with Gasteiger partial charge in [0.2, 0.25) is 5.82 Å². The average Bonchev–Trinajstić information content (AvgIpc) is 3.30. The van der Waals surface area contributed by atoms with Gasteiger partial charge in [0.1, 0.15) is 0 Å². The number of rotatable bonds is 4. The monoisotopic (exact) mass is 312 g/mol. The molecule has 0 bridgehead atoms. The van der Waals surface area contributed by atoms with Gasteiger partial charge < -0.3 is 0 Å². The standard InChI is InChI=1S/C15H16N6S/c1-3-12(14-17-19-20-18-14)4-2-11(1)9-21-7-5-13(10-21)15-16-6-8-22-15/h1-4,6,8,13H,5,7,9-10H2,(H,17,18,19,20). The largest absolute Gasteiger partial charge is 0.298 e. The van der Waals surface area contributed by atoms with Crippen molar-refractivity contribution in [3.05, 3.63) is 46.4 Å². The zero-order valence-electron chi connectivity index (χ0n) is 12.0. The van der Waals surface area contributed by atoms with Crippen molar-refractivity contribution in [1.82, 2.24) is 30.5 Å². The molecule has 7 heteroatoms. The number of benzene rings is 1. The van der Waals surface area contributed by atoms with Gasteiger partial charge in [-0.1, -0.05) is 24.3 Å². The zero-order valence-corrected chi connectivity index (χ0v) is 12.8. The number of tetrazole rings is 1. The number of hydrogen-bond acceptors (Lipinski definition) is 6. The van der Waals surface area contributed by atoms with E-state index in [-0.39, 0.29) is 0 Å². The highest BCUT2D eigenvalue weighted by Gasteiger charge is 2.25. The van der Waals surface area contributed by atoms with Crippen molar-refractivity contribution in [2.75, 3.05) is 13.1 Å². The molecule has 3 aromatic rings. The fourth-order valence-electron chi connectivity index (χ4n) is 2.92. The van der Waals surface area contributed by atoms with Gasteiger partial charge >= 0.3 is 0 Å². The Hall–Kier alpha value is -2.12. The molecule has 1 N–H and O–H groups in total. The van der Waals surface area contributed by atoms with Crippen LogP contribution >= 0.6 is 11.3 Å². The molecule has 1 aliphatic heterocycles. The van der Waals surface area contributed by atoms with E-state index in [4.69, 9.17) is 0 Å². The second kappa shape index (κ2) is 5.94. The lowest BCUT2D eigenvalue weighted by Crippen LogP contribution is -2.19. The summed E-state index contributed by atoms with van der Waals surface area (Å²) in [5.41, 5.74) is 2.30. The predicted molar refractivity (Wildman–Crippen MR) is 84.4 cm³/mol. The van der Waals surface area contributed by atoms with Crippen LogP contribution in [0.1, 0.15) is 22.9 Å². The zero-order chi connectivity index (χ0) is 14.8. The third kappa shape index (κ3) is 2.77. The molecule has 0 radical (unpaired) electrons. The molecule has 112 valence electrons. The van der Waals surface area contributed by atoms with Crippen molar-refractivity contribution in [2.45, 2.75) is 18.9 Å². The number of H-pyrrole nitrogens is 1. The van der Waals surface area contributed by atoms with E-state index in [9.17, 15) is 0 Å². The molecule has 0 spiro atoms. The van der Waals surface area contributed by atoms with Crippen LogP contribution in [0.5, 0.6) is 0 Å². The first-order valence-electron chi connectivity index (χ1n) is 7.33. The van der Waals surface area contributed by atoms with E-state index in [2.05, 4.69) is 60.2 Å². The number of hydrogen-bond donors (Lipinski definition) is 1. The van der Waals surface area contributed by atoms with Gasteiger partial charge in [-0.3, -0.25) is 4.90 Å². The summed E-state index contributed by atoms with van der Waals surface area (Å²) in [6.07, 6.45) is 3.10. The Balaban J connectivity index is 1.40. The van der Waals surface area contributed by atoms with Crippen LogP contribution in [0.2, 0.25) is 0 Å². The Morgan fingerprint density at radius 2 is 2.18 bits per heavy atom. The quantitative estimate of drug-likeness (QED) is 0.800. The molecule has 3 heterocycles. The van der Waals surface area contributed by atoms with Gasteiger partial charge in [0.15, 0.2) is 0 Å². The minimum Gasteiger partial charge on any atom is -0.298 e. The van der Waals surface area contributed by atoms with E-state index in [1.807, 2.05) is 6.20 Å². The molecule has 1 atom stereocenters. The maximum absolute atomic E-state index is 4.45. The molecule has 1 aliphatic rings. The number of aromatic nitrogens is 5. The van der Waals surface area contributed by atoms with E-state index >= 15 is 0 Å². The topological polar surface area (TPSA) is 70.6 Å². The first kappa shape index (κ1) is 13.5. The normalized spacial score (nSPS) is 18.8. The van der Waals surface area contributed by atoms with Crippen LogP contribution in [-0.2, 0) is 6.54 Å². The first-order chi connectivity index (χ1) is 10.9. The van der Waals surface area contributed by atoms with Crippen LogP contribution in [0.3, 0.4) is 0 Å². The second-order valence-electron chi connectivity index (χ2n) is 5.52. The summed E-state index contributed by atoms with van der Waals surface area (Å²) in [5, 5.41) is 17.4. The molecular formula is C15H16N6S. The molecule has 2 aromatic heterocycles. The Morgan fingerprint density at radius 1 is 1.27 bits per heavy atom. The summed E-state index contributed by atoms with van der Waals surface area (Å²) in [4.78, 5) is 6.94. The molecule has 1 saturated heterocycles. The van der Waals surface area contributed by atoms with Gasteiger partial charge in [0, 0.05) is 36.1 Å². The van der Waals surface area contributed by atoms with Crippen molar-refractivity contribution in [3.8, 4) is 11.4 Å². The van der Waals surface area contributed by atoms with E-state index in [0.717, 1.165) is 25.2 Å². The highest BCUT2D eigenvalue weighted by atomic mass is 32.1. The Morgan fingerprint density at radius 3 is 2.91 bits per heavy atom. The lowest BCUT2D eigenvalue weighted by Gasteiger charge is -2.15.